The molecule has 8 heteroatoms. The summed E-state index contributed by atoms with van der Waals surface area (Å²) in [7, 11) is -3.70. The first kappa shape index (κ1) is 20.7. The van der Waals surface area contributed by atoms with E-state index in [1.54, 1.807) is 26.0 Å². The summed E-state index contributed by atoms with van der Waals surface area (Å²) >= 11 is 0. The first-order valence-electron chi connectivity index (χ1n) is 8.60. The fourth-order valence-electron chi connectivity index (χ4n) is 2.53. The first-order valence-corrected chi connectivity index (χ1v) is 10.0. The highest BCUT2D eigenvalue weighted by atomic mass is 32.2. The van der Waals surface area contributed by atoms with Crippen molar-refractivity contribution in [3.05, 3.63) is 48.0 Å². The summed E-state index contributed by atoms with van der Waals surface area (Å²) in [5.41, 5.74) is 1.01. The minimum atomic E-state index is -3.70. The van der Waals surface area contributed by atoms with Crippen LogP contribution in [0.15, 0.2) is 47.4 Å². The third-order valence-electron chi connectivity index (χ3n) is 3.94. The Hall–Kier alpha value is -2.58. The lowest BCUT2D eigenvalue weighted by molar-refractivity contribution is -0.118. The average Bonchev–Trinajstić information content (AvgIpc) is 2.62. The summed E-state index contributed by atoms with van der Waals surface area (Å²) in [6.45, 7) is 5.78. The van der Waals surface area contributed by atoms with E-state index in [1.807, 2.05) is 19.1 Å². The van der Waals surface area contributed by atoms with E-state index >= 15 is 0 Å². The predicted molar refractivity (Wildman–Crippen MR) is 104 cm³/mol. The number of anilines is 1. The number of aromatic hydroxyl groups is 1. The van der Waals surface area contributed by atoms with Gasteiger partial charge in [-0.25, -0.2) is 8.42 Å². The summed E-state index contributed by atoms with van der Waals surface area (Å²) in [5, 5.41) is 12.4. The third-order valence-corrected chi connectivity index (χ3v) is 5.99. The van der Waals surface area contributed by atoms with E-state index < -0.39 is 15.9 Å². The molecule has 0 bridgehead atoms. The van der Waals surface area contributed by atoms with E-state index in [2.05, 4.69) is 5.32 Å². The van der Waals surface area contributed by atoms with E-state index in [4.69, 9.17) is 4.74 Å². The van der Waals surface area contributed by atoms with Gasteiger partial charge in [-0.15, -0.1) is 0 Å². The van der Waals surface area contributed by atoms with Crippen LogP contribution in [0, 0.1) is 6.92 Å². The fourth-order valence-corrected chi connectivity index (χ4v) is 4.01. The van der Waals surface area contributed by atoms with Crippen molar-refractivity contribution in [1.82, 2.24) is 4.31 Å². The van der Waals surface area contributed by atoms with Gasteiger partial charge in [-0.2, -0.15) is 4.31 Å². The van der Waals surface area contributed by atoms with Gasteiger partial charge in [0.05, 0.1) is 10.6 Å². The maximum absolute atomic E-state index is 12.6. The zero-order valence-electron chi connectivity index (χ0n) is 15.6. The second-order valence-electron chi connectivity index (χ2n) is 5.92. The van der Waals surface area contributed by atoms with Crippen molar-refractivity contribution >= 4 is 21.6 Å². The molecular formula is C19H24N2O5S. The van der Waals surface area contributed by atoms with Gasteiger partial charge in [0.2, 0.25) is 10.0 Å². The van der Waals surface area contributed by atoms with Crippen LogP contribution < -0.4 is 10.1 Å². The van der Waals surface area contributed by atoms with Crippen molar-refractivity contribution in [3.8, 4) is 11.5 Å². The highest BCUT2D eigenvalue weighted by molar-refractivity contribution is 7.89. The Kier molecular flexibility index (Phi) is 6.81. The molecule has 2 aromatic carbocycles. The quantitative estimate of drug-likeness (QED) is 0.674. The Morgan fingerprint density at radius 2 is 1.85 bits per heavy atom. The molecule has 2 rings (SSSR count). The molecule has 27 heavy (non-hydrogen) atoms. The molecule has 0 saturated heterocycles. The summed E-state index contributed by atoms with van der Waals surface area (Å²) in [6.07, 6.45) is 0. The second kappa shape index (κ2) is 8.88. The number of phenols is 1. The van der Waals surface area contributed by atoms with Gasteiger partial charge in [-0.05, 0) is 42.8 Å². The number of nitrogens with zero attached hydrogens (tertiary/aromatic N) is 1. The normalized spacial score (nSPS) is 11.4. The van der Waals surface area contributed by atoms with E-state index in [0.717, 1.165) is 5.56 Å². The van der Waals surface area contributed by atoms with E-state index in [9.17, 15) is 18.3 Å². The number of aryl methyl sites for hydroxylation is 1. The van der Waals surface area contributed by atoms with E-state index in [-0.39, 0.29) is 22.9 Å². The Bertz CT molecular complexity index is 908. The molecule has 2 N–H and O–H groups in total. The van der Waals surface area contributed by atoms with Gasteiger partial charge in [0.15, 0.2) is 6.61 Å². The van der Waals surface area contributed by atoms with Crippen molar-refractivity contribution in [3.63, 3.8) is 0 Å². The van der Waals surface area contributed by atoms with Crippen molar-refractivity contribution in [2.45, 2.75) is 25.7 Å². The summed E-state index contributed by atoms with van der Waals surface area (Å²) in [6, 6.07) is 11.0. The van der Waals surface area contributed by atoms with Gasteiger partial charge in [0, 0.05) is 13.1 Å². The molecule has 0 unspecified atom stereocenters. The SMILES string of the molecule is CCN(CC)S(=O)(=O)c1ccc(O)c(NC(=O)COc2cccc(C)c2)c1. The van der Waals surface area contributed by atoms with Crippen LogP contribution in [0.4, 0.5) is 5.69 Å². The number of hydrogen-bond acceptors (Lipinski definition) is 5. The molecule has 0 aliphatic rings. The van der Waals surface area contributed by atoms with Gasteiger partial charge < -0.3 is 15.2 Å². The third kappa shape index (κ3) is 5.21. The zero-order chi connectivity index (χ0) is 20.0. The summed E-state index contributed by atoms with van der Waals surface area (Å²) < 4.78 is 31.9. The van der Waals surface area contributed by atoms with Crippen LogP contribution in [0.25, 0.3) is 0 Å². The topological polar surface area (TPSA) is 95.9 Å². The molecule has 2 aromatic rings. The number of nitrogens with one attached hydrogen (secondary N) is 1. The highest BCUT2D eigenvalue weighted by Gasteiger charge is 2.23. The molecule has 1 amide bonds. The molecule has 0 spiro atoms. The van der Waals surface area contributed by atoms with E-state index in [0.29, 0.717) is 18.8 Å². The van der Waals surface area contributed by atoms with Crippen LogP contribution in [-0.2, 0) is 14.8 Å². The van der Waals surface area contributed by atoms with Gasteiger partial charge in [-0.1, -0.05) is 26.0 Å². The maximum Gasteiger partial charge on any atom is 0.262 e. The van der Waals surface area contributed by atoms with Crippen LogP contribution in [0.2, 0.25) is 0 Å². The molecular weight excluding hydrogens is 368 g/mol. The molecule has 146 valence electrons. The zero-order valence-corrected chi connectivity index (χ0v) is 16.4. The Morgan fingerprint density at radius 3 is 2.48 bits per heavy atom. The number of sulfonamides is 1. The number of amides is 1. The van der Waals surface area contributed by atoms with Crippen molar-refractivity contribution < 1.29 is 23.1 Å². The lowest BCUT2D eigenvalue weighted by Gasteiger charge is -2.19. The van der Waals surface area contributed by atoms with Crippen LogP contribution in [0.3, 0.4) is 0 Å². The minimum Gasteiger partial charge on any atom is -0.506 e. The first-order chi connectivity index (χ1) is 12.8. The number of benzene rings is 2. The van der Waals surface area contributed by atoms with Crippen LogP contribution in [0.5, 0.6) is 11.5 Å². The molecule has 0 aromatic heterocycles. The molecule has 0 saturated carbocycles. The largest absolute Gasteiger partial charge is 0.506 e. The number of rotatable bonds is 8. The molecule has 0 fully saturated rings. The fraction of sp³-hybridized carbons (Fsp3) is 0.316. The number of hydrogen-bond donors (Lipinski definition) is 2. The number of ether oxygens (including phenoxy) is 1. The molecule has 0 radical (unpaired) electrons. The Balaban J connectivity index is 2.13. The number of phenolic OH excluding ortho intramolecular Hbond substituents is 1. The predicted octanol–water partition coefficient (Wildman–Crippen LogP) is 2.75. The minimum absolute atomic E-state index is 0.00102. The lowest BCUT2D eigenvalue weighted by Crippen LogP contribution is -2.30. The maximum atomic E-state index is 12.6. The van der Waals surface area contributed by atoms with Crippen molar-refractivity contribution in [2.75, 3.05) is 25.0 Å². The number of carbonyl (C=O) groups excluding carboxylic acids is 1. The van der Waals surface area contributed by atoms with Gasteiger partial charge in [-0.3, -0.25) is 4.79 Å². The van der Waals surface area contributed by atoms with Gasteiger partial charge in [0.25, 0.3) is 5.91 Å². The molecule has 0 atom stereocenters. The highest BCUT2D eigenvalue weighted by Crippen LogP contribution is 2.28. The van der Waals surface area contributed by atoms with E-state index in [1.165, 1.54) is 22.5 Å². The average molecular weight is 392 g/mol. The van der Waals surface area contributed by atoms with Crippen LogP contribution in [0.1, 0.15) is 19.4 Å². The molecule has 0 heterocycles. The van der Waals surface area contributed by atoms with Crippen LogP contribution in [-0.4, -0.2) is 43.4 Å². The smallest absolute Gasteiger partial charge is 0.262 e. The monoisotopic (exact) mass is 392 g/mol. The van der Waals surface area contributed by atoms with Crippen molar-refractivity contribution in [2.24, 2.45) is 0 Å². The van der Waals surface area contributed by atoms with Gasteiger partial charge in [0.1, 0.15) is 11.5 Å². The Labute approximate surface area is 159 Å². The Morgan fingerprint density at radius 1 is 1.15 bits per heavy atom. The molecule has 7 nitrogen and oxygen atoms in total. The molecule has 0 aliphatic heterocycles. The second-order valence-corrected chi connectivity index (χ2v) is 7.86. The van der Waals surface area contributed by atoms with Crippen molar-refractivity contribution in [1.29, 1.82) is 0 Å². The number of carbonyl (C=O) groups is 1. The van der Waals surface area contributed by atoms with Gasteiger partial charge >= 0.3 is 0 Å². The lowest BCUT2D eigenvalue weighted by atomic mass is 10.2. The molecule has 0 aliphatic carbocycles. The summed E-state index contributed by atoms with van der Waals surface area (Å²) in [5.74, 6) is -0.186. The standard InChI is InChI=1S/C19H24N2O5S/c1-4-21(5-2)27(24,25)16-9-10-18(22)17(12-16)20-19(23)13-26-15-8-6-7-14(3)11-15/h6-12,22H,4-5,13H2,1-3H3,(H,20,23). The van der Waals surface area contributed by atoms with Crippen LogP contribution >= 0.6 is 0 Å². The summed E-state index contributed by atoms with van der Waals surface area (Å²) in [4.78, 5) is 12.1.